The summed E-state index contributed by atoms with van der Waals surface area (Å²) in [5.41, 5.74) is 3.64. The van der Waals surface area contributed by atoms with Crippen LogP contribution in [0.5, 0.6) is 5.88 Å². The first-order valence-electron chi connectivity index (χ1n) is 9.27. The minimum absolute atomic E-state index is 0.148. The number of benzene rings is 1. The second-order valence-corrected chi connectivity index (χ2v) is 7.33. The summed E-state index contributed by atoms with van der Waals surface area (Å²) in [6.07, 6.45) is -4.38. The summed E-state index contributed by atoms with van der Waals surface area (Å²) in [5, 5.41) is 7.46. The SMILES string of the molecule is Cc1nn(C)c(OCC(F)(F)F)c1CNCc1cccc(CN(C)C(C)C)c1. The molecule has 0 amide bonds. The Balaban J connectivity index is 1.98. The average Bonchev–Trinajstić information content (AvgIpc) is 2.86. The molecule has 0 saturated heterocycles. The lowest BCUT2D eigenvalue weighted by molar-refractivity contribution is -0.154. The van der Waals surface area contributed by atoms with Gasteiger partial charge in [0.1, 0.15) is 0 Å². The van der Waals surface area contributed by atoms with Crippen molar-refractivity contribution in [1.82, 2.24) is 20.0 Å². The number of nitrogens with one attached hydrogen (secondary N) is 1. The molecule has 0 unspecified atom stereocenters. The number of aromatic nitrogens is 2. The molecule has 0 atom stereocenters. The predicted octanol–water partition coefficient (Wildman–Crippen LogP) is 3.80. The summed E-state index contributed by atoms with van der Waals surface area (Å²) in [6.45, 7) is 6.59. The molecule has 2 rings (SSSR count). The van der Waals surface area contributed by atoms with Crippen LogP contribution in [0.1, 0.15) is 36.2 Å². The van der Waals surface area contributed by atoms with Crippen LogP contribution in [0, 0.1) is 6.92 Å². The summed E-state index contributed by atoms with van der Waals surface area (Å²) in [4.78, 5) is 2.26. The first-order valence-corrected chi connectivity index (χ1v) is 9.27. The van der Waals surface area contributed by atoms with Crippen molar-refractivity contribution in [1.29, 1.82) is 0 Å². The highest BCUT2D eigenvalue weighted by Crippen LogP contribution is 2.24. The zero-order valence-electron chi connectivity index (χ0n) is 17.1. The van der Waals surface area contributed by atoms with Gasteiger partial charge in [-0.15, -0.1) is 0 Å². The van der Waals surface area contributed by atoms with Gasteiger partial charge in [-0.3, -0.25) is 4.90 Å². The van der Waals surface area contributed by atoms with Gasteiger partial charge < -0.3 is 10.1 Å². The van der Waals surface area contributed by atoms with E-state index in [1.54, 1.807) is 14.0 Å². The maximum Gasteiger partial charge on any atom is 0.422 e. The van der Waals surface area contributed by atoms with Gasteiger partial charge in [-0.05, 0) is 38.9 Å². The highest BCUT2D eigenvalue weighted by molar-refractivity contribution is 5.31. The third-order valence-corrected chi connectivity index (χ3v) is 4.60. The van der Waals surface area contributed by atoms with Gasteiger partial charge in [-0.2, -0.15) is 18.3 Å². The Kier molecular flexibility index (Phi) is 7.48. The molecule has 1 N–H and O–H groups in total. The topological polar surface area (TPSA) is 42.3 Å². The van der Waals surface area contributed by atoms with Crippen LogP contribution in [0.25, 0.3) is 0 Å². The predicted molar refractivity (Wildman–Crippen MR) is 103 cm³/mol. The number of halogens is 3. The fraction of sp³-hybridized carbons (Fsp3) is 0.550. The van der Waals surface area contributed by atoms with Gasteiger partial charge in [0.05, 0.1) is 11.3 Å². The molecule has 1 aromatic heterocycles. The van der Waals surface area contributed by atoms with E-state index in [1.165, 1.54) is 10.2 Å². The molecule has 156 valence electrons. The summed E-state index contributed by atoms with van der Waals surface area (Å²) < 4.78 is 43.8. The van der Waals surface area contributed by atoms with Gasteiger partial charge in [-0.25, -0.2) is 4.68 Å². The van der Waals surface area contributed by atoms with E-state index < -0.39 is 12.8 Å². The minimum atomic E-state index is -4.38. The lowest BCUT2D eigenvalue weighted by atomic mass is 10.1. The van der Waals surface area contributed by atoms with Gasteiger partial charge in [0.25, 0.3) is 0 Å². The van der Waals surface area contributed by atoms with Crippen LogP contribution >= 0.6 is 0 Å². The van der Waals surface area contributed by atoms with Crippen LogP contribution in [-0.2, 0) is 26.7 Å². The van der Waals surface area contributed by atoms with Crippen molar-refractivity contribution < 1.29 is 17.9 Å². The summed E-state index contributed by atoms with van der Waals surface area (Å²) >= 11 is 0. The molecule has 0 radical (unpaired) electrons. The second kappa shape index (κ2) is 9.43. The van der Waals surface area contributed by atoms with E-state index in [2.05, 4.69) is 48.3 Å². The van der Waals surface area contributed by atoms with Gasteiger partial charge in [0.15, 0.2) is 6.61 Å². The number of hydrogen-bond acceptors (Lipinski definition) is 4. The molecule has 0 fully saturated rings. The maximum absolute atomic E-state index is 12.5. The molecule has 8 heteroatoms. The van der Waals surface area contributed by atoms with Crippen molar-refractivity contribution in [2.24, 2.45) is 7.05 Å². The van der Waals surface area contributed by atoms with Crippen molar-refractivity contribution in [3.8, 4) is 5.88 Å². The molecular formula is C20H29F3N4O. The van der Waals surface area contributed by atoms with Crippen molar-refractivity contribution in [2.75, 3.05) is 13.7 Å². The van der Waals surface area contributed by atoms with Crippen LogP contribution in [0.15, 0.2) is 24.3 Å². The third kappa shape index (κ3) is 6.53. The van der Waals surface area contributed by atoms with E-state index in [1.807, 2.05) is 12.1 Å². The number of nitrogens with zero attached hydrogens (tertiary/aromatic N) is 3. The van der Waals surface area contributed by atoms with Gasteiger partial charge in [-0.1, -0.05) is 24.3 Å². The van der Waals surface area contributed by atoms with Crippen LogP contribution in [0.3, 0.4) is 0 Å². The molecule has 0 saturated carbocycles. The van der Waals surface area contributed by atoms with Gasteiger partial charge in [0, 0.05) is 32.7 Å². The van der Waals surface area contributed by atoms with E-state index >= 15 is 0 Å². The zero-order valence-corrected chi connectivity index (χ0v) is 17.1. The highest BCUT2D eigenvalue weighted by atomic mass is 19.4. The van der Waals surface area contributed by atoms with Crippen LogP contribution < -0.4 is 10.1 Å². The normalized spacial score (nSPS) is 12.2. The average molecular weight is 398 g/mol. The Morgan fingerprint density at radius 1 is 1.21 bits per heavy atom. The molecule has 0 spiro atoms. The third-order valence-electron chi connectivity index (χ3n) is 4.60. The Bertz CT molecular complexity index is 771. The monoisotopic (exact) mass is 398 g/mol. The summed E-state index contributed by atoms with van der Waals surface area (Å²) in [6, 6.07) is 8.75. The lowest BCUT2D eigenvalue weighted by Gasteiger charge is -2.21. The maximum atomic E-state index is 12.5. The number of hydrogen-bond donors (Lipinski definition) is 1. The van der Waals surface area contributed by atoms with E-state index in [9.17, 15) is 13.2 Å². The molecule has 0 aliphatic carbocycles. The number of ether oxygens (including phenoxy) is 1. The molecule has 1 aromatic carbocycles. The molecule has 2 aromatic rings. The van der Waals surface area contributed by atoms with Gasteiger partial charge in [0.2, 0.25) is 5.88 Å². The number of alkyl halides is 3. The minimum Gasteiger partial charge on any atom is -0.468 e. The molecule has 28 heavy (non-hydrogen) atoms. The summed E-state index contributed by atoms with van der Waals surface area (Å²) in [5.74, 6) is 0.148. The smallest absolute Gasteiger partial charge is 0.422 e. The Morgan fingerprint density at radius 2 is 1.89 bits per heavy atom. The van der Waals surface area contributed by atoms with Crippen LogP contribution in [0.4, 0.5) is 13.2 Å². The van der Waals surface area contributed by atoms with Crippen molar-refractivity contribution in [3.05, 3.63) is 46.6 Å². The number of rotatable bonds is 9. The first-order chi connectivity index (χ1) is 13.1. The van der Waals surface area contributed by atoms with Gasteiger partial charge >= 0.3 is 6.18 Å². The lowest BCUT2D eigenvalue weighted by Crippen LogP contribution is -2.25. The van der Waals surface area contributed by atoms with E-state index in [-0.39, 0.29) is 5.88 Å². The van der Waals surface area contributed by atoms with Crippen molar-refractivity contribution >= 4 is 0 Å². The number of aryl methyl sites for hydroxylation is 2. The van der Waals surface area contributed by atoms with Crippen LogP contribution in [0.2, 0.25) is 0 Å². The Morgan fingerprint density at radius 3 is 2.54 bits per heavy atom. The zero-order chi connectivity index (χ0) is 20.9. The Hall–Kier alpha value is -2.06. The fourth-order valence-corrected chi connectivity index (χ4v) is 2.86. The second-order valence-electron chi connectivity index (χ2n) is 7.33. The Labute approximate surface area is 164 Å². The summed E-state index contributed by atoms with van der Waals surface area (Å²) in [7, 11) is 3.67. The molecule has 1 heterocycles. The quantitative estimate of drug-likeness (QED) is 0.698. The van der Waals surface area contributed by atoms with Crippen molar-refractivity contribution in [3.63, 3.8) is 0 Å². The molecule has 0 bridgehead atoms. The van der Waals surface area contributed by atoms with Crippen molar-refractivity contribution in [2.45, 2.75) is 52.6 Å². The standard InChI is InChI=1S/C20H29F3N4O/c1-14(2)26(4)12-17-8-6-7-16(9-17)10-24-11-18-15(3)25-27(5)19(18)28-13-20(21,22)23/h6-9,14,24H,10-13H2,1-5H3. The van der Waals surface area contributed by atoms with E-state index in [0.717, 1.165) is 12.1 Å². The van der Waals surface area contributed by atoms with Crippen LogP contribution in [-0.4, -0.2) is 40.6 Å². The van der Waals surface area contributed by atoms with E-state index in [0.29, 0.717) is 30.4 Å². The molecular weight excluding hydrogens is 369 g/mol. The van der Waals surface area contributed by atoms with E-state index in [4.69, 9.17) is 4.74 Å². The molecule has 5 nitrogen and oxygen atoms in total. The molecule has 0 aliphatic heterocycles. The first kappa shape index (κ1) is 22.2. The fourth-order valence-electron chi connectivity index (χ4n) is 2.86. The largest absolute Gasteiger partial charge is 0.468 e. The molecule has 0 aliphatic rings. The highest BCUT2D eigenvalue weighted by Gasteiger charge is 2.30.